The summed E-state index contributed by atoms with van der Waals surface area (Å²) in [6, 6.07) is 1.92. The van der Waals surface area contributed by atoms with Crippen LogP contribution in [0.1, 0.15) is 53.4 Å². The van der Waals surface area contributed by atoms with Gasteiger partial charge in [-0.05, 0) is 49.4 Å². The Morgan fingerprint density at radius 3 is 0.955 bits per heavy atom. The van der Waals surface area contributed by atoms with Gasteiger partial charge in [0.05, 0.1) is 24.2 Å². The normalized spacial score (nSPS) is 55.8. The van der Waals surface area contributed by atoms with Crippen LogP contribution in [0.2, 0.25) is 0 Å². The van der Waals surface area contributed by atoms with Crippen molar-refractivity contribution in [2.75, 3.05) is 0 Å². The van der Waals surface area contributed by atoms with Gasteiger partial charge in [-0.1, -0.05) is 27.7 Å². The predicted octanol–water partition coefficient (Wildman–Crippen LogP) is 4.51. The second-order valence-corrected chi connectivity index (χ2v) is 9.69. The minimum atomic E-state index is 0.293. The Labute approximate surface area is 133 Å². The second kappa shape index (κ2) is 3.99. The van der Waals surface area contributed by atoms with E-state index in [4.69, 9.17) is 0 Å². The summed E-state index contributed by atoms with van der Waals surface area (Å²) in [4.78, 5) is 0. The lowest BCUT2D eigenvalue weighted by Gasteiger charge is -2.35. The molecule has 3 aliphatic carbocycles. The number of azo groups is 2. The van der Waals surface area contributed by atoms with Crippen molar-refractivity contribution in [1.29, 1.82) is 0 Å². The molecular weight excluding hydrogens is 272 g/mol. The standard InChI is InChI=1S/C18H28N4/c1-17(2)13-9-5-7-11-12(8-6-10(9)14(17)20-19-13)16-18(3,4)15(11)21-22-16/h9-16H,5-8H2,1-4H3/t9-,10+,11+,12-,13-,14+,15+,16-. The number of nitrogens with zero attached hydrogens (tertiary/aromatic N) is 4. The third-order valence-electron chi connectivity index (χ3n) is 8.07. The lowest BCUT2D eigenvalue weighted by molar-refractivity contribution is 0.167. The molecule has 3 saturated carbocycles. The topological polar surface area (TPSA) is 49.4 Å². The molecule has 5 aliphatic rings. The molecule has 0 spiro atoms. The fourth-order valence-electron chi connectivity index (χ4n) is 6.98. The maximum absolute atomic E-state index is 4.66. The van der Waals surface area contributed by atoms with E-state index in [9.17, 15) is 0 Å². The van der Waals surface area contributed by atoms with Crippen LogP contribution in [-0.2, 0) is 0 Å². The third-order valence-corrected chi connectivity index (χ3v) is 8.07. The average molecular weight is 300 g/mol. The second-order valence-electron chi connectivity index (χ2n) is 9.69. The molecule has 0 unspecified atom stereocenters. The van der Waals surface area contributed by atoms with Crippen molar-refractivity contribution in [3.05, 3.63) is 0 Å². The van der Waals surface area contributed by atoms with E-state index in [1.807, 2.05) is 0 Å². The summed E-state index contributed by atoms with van der Waals surface area (Å²) in [5, 5.41) is 18.6. The van der Waals surface area contributed by atoms with Crippen LogP contribution in [0.3, 0.4) is 0 Å². The van der Waals surface area contributed by atoms with E-state index in [0.29, 0.717) is 35.0 Å². The summed E-state index contributed by atoms with van der Waals surface area (Å²) in [7, 11) is 0. The first-order valence-electron chi connectivity index (χ1n) is 9.22. The average Bonchev–Trinajstić information content (AvgIpc) is 3.03. The van der Waals surface area contributed by atoms with Gasteiger partial charge in [-0.25, -0.2) is 0 Å². The van der Waals surface area contributed by atoms with Crippen LogP contribution >= 0.6 is 0 Å². The first-order chi connectivity index (χ1) is 10.4. The summed E-state index contributed by atoms with van der Waals surface area (Å²) in [5.41, 5.74) is 0.587. The smallest absolute Gasteiger partial charge is 0.0811 e. The zero-order valence-electron chi connectivity index (χ0n) is 14.2. The number of hydrogen-bond acceptors (Lipinski definition) is 4. The monoisotopic (exact) mass is 300 g/mol. The highest BCUT2D eigenvalue weighted by atomic mass is 15.3. The summed E-state index contributed by atoms with van der Waals surface area (Å²) >= 11 is 0. The summed E-state index contributed by atoms with van der Waals surface area (Å²) < 4.78 is 0. The van der Waals surface area contributed by atoms with Crippen LogP contribution in [0.25, 0.3) is 0 Å². The van der Waals surface area contributed by atoms with Crippen molar-refractivity contribution in [3.63, 3.8) is 0 Å². The van der Waals surface area contributed by atoms with E-state index in [1.54, 1.807) is 0 Å². The first kappa shape index (κ1) is 13.6. The van der Waals surface area contributed by atoms with E-state index in [-0.39, 0.29) is 0 Å². The Balaban J connectivity index is 1.45. The lowest BCUT2D eigenvalue weighted by atomic mass is 9.73. The molecule has 0 saturated heterocycles. The largest absolute Gasteiger partial charge is 0.190 e. The van der Waals surface area contributed by atoms with Gasteiger partial charge < -0.3 is 0 Å². The van der Waals surface area contributed by atoms with Crippen LogP contribution in [0, 0.1) is 34.5 Å². The van der Waals surface area contributed by atoms with Gasteiger partial charge in [-0.3, -0.25) is 0 Å². The Bertz CT molecular complexity index is 469. The van der Waals surface area contributed by atoms with Crippen LogP contribution in [0.15, 0.2) is 20.5 Å². The molecule has 4 nitrogen and oxygen atoms in total. The highest BCUT2D eigenvalue weighted by molar-refractivity contribution is 5.17. The number of hydrogen-bond donors (Lipinski definition) is 0. The SMILES string of the molecule is CC1(C)[C@@H]2N=N[C@H]1[C@H]1CC[C@@H]3[C@H](CC[C@H]12)[C@@H]1N=N[C@H]3C1(C)C. The Hall–Kier alpha value is -0.800. The Kier molecular flexibility index (Phi) is 2.47. The molecule has 0 aromatic carbocycles. The van der Waals surface area contributed by atoms with Crippen LogP contribution in [-0.4, -0.2) is 24.2 Å². The summed E-state index contributed by atoms with van der Waals surface area (Å²) in [5.74, 6) is 3.10. The van der Waals surface area contributed by atoms with E-state index < -0.39 is 0 Å². The van der Waals surface area contributed by atoms with Crippen molar-refractivity contribution >= 4 is 0 Å². The van der Waals surface area contributed by atoms with Crippen LogP contribution < -0.4 is 0 Å². The van der Waals surface area contributed by atoms with Gasteiger partial charge in [0, 0.05) is 10.8 Å². The molecule has 120 valence electrons. The highest BCUT2D eigenvalue weighted by Gasteiger charge is 2.63. The molecule has 8 atom stereocenters. The fraction of sp³-hybridized carbons (Fsp3) is 1.00. The van der Waals surface area contributed by atoms with Crippen LogP contribution in [0.4, 0.5) is 0 Å². The van der Waals surface area contributed by atoms with Crippen molar-refractivity contribution < 1.29 is 0 Å². The van der Waals surface area contributed by atoms with E-state index in [2.05, 4.69) is 48.2 Å². The Morgan fingerprint density at radius 2 is 0.727 bits per heavy atom. The van der Waals surface area contributed by atoms with Gasteiger partial charge in [-0.15, -0.1) is 0 Å². The molecule has 0 amide bonds. The van der Waals surface area contributed by atoms with Crippen molar-refractivity contribution in [3.8, 4) is 0 Å². The predicted molar refractivity (Wildman–Crippen MR) is 84.9 cm³/mol. The molecule has 0 radical (unpaired) electrons. The van der Waals surface area contributed by atoms with Crippen molar-refractivity contribution in [2.45, 2.75) is 77.5 Å². The van der Waals surface area contributed by atoms with Crippen LogP contribution in [0.5, 0.6) is 0 Å². The molecule has 5 rings (SSSR count). The molecule has 2 aliphatic heterocycles. The van der Waals surface area contributed by atoms with Gasteiger partial charge in [-0.2, -0.15) is 20.5 Å². The molecule has 4 bridgehead atoms. The highest BCUT2D eigenvalue weighted by Crippen LogP contribution is 2.62. The van der Waals surface area contributed by atoms with Gasteiger partial charge in [0.15, 0.2) is 0 Å². The van der Waals surface area contributed by atoms with E-state index >= 15 is 0 Å². The molecule has 0 aromatic heterocycles. The quantitative estimate of drug-likeness (QED) is 0.632. The minimum absolute atomic E-state index is 0.293. The summed E-state index contributed by atoms with van der Waals surface area (Å²) in [6.07, 6.45) is 5.35. The van der Waals surface area contributed by atoms with E-state index in [0.717, 1.165) is 23.7 Å². The number of fused-ring (bicyclic) bond motifs is 10. The van der Waals surface area contributed by atoms with Gasteiger partial charge in [0.25, 0.3) is 0 Å². The van der Waals surface area contributed by atoms with Crippen molar-refractivity contribution in [1.82, 2.24) is 0 Å². The molecule has 4 heteroatoms. The first-order valence-corrected chi connectivity index (χ1v) is 9.22. The van der Waals surface area contributed by atoms with Gasteiger partial charge in [0.1, 0.15) is 0 Å². The van der Waals surface area contributed by atoms with E-state index in [1.165, 1.54) is 25.7 Å². The minimum Gasteiger partial charge on any atom is -0.190 e. The van der Waals surface area contributed by atoms with Gasteiger partial charge >= 0.3 is 0 Å². The Morgan fingerprint density at radius 1 is 0.500 bits per heavy atom. The molecule has 2 heterocycles. The molecule has 22 heavy (non-hydrogen) atoms. The molecule has 0 N–H and O–H groups in total. The fourth-order valence-corrected chi connectivity index (χ4v) is 6.98. The zero-order chi connectivity index (χ0) is 15.3. The molecule has 3 fully saturated rings. The maximum atomic E-state index is 4.66. The molecule has 0 aromatic rings. The number of rotatable bonds is 0. The van der Waals surface area contributed by atoms with Crippen molar-refractivity contribution in [2.24, 2.45) is 55.0 Å². The maximum Gasteiger partial charge on any atom is 0.0811 e. The molecular formula is C18H28N4. The lowest BCUT2D eigenvalue weighted by Crippen LogP contribution is -2.32. The van der Waals surface area contributed by atoms with Gasteiger partial charge in [0.2, 0.25) is 0 Å². The summed E-state index contributed by atoms with van der Waals surface area (Å²) in [6.45, 7) is 9.58. The zero-order valence-corrected chi connectivity index (χ0v) is 14.2. The third kappa shape index (κ3) is 1.41.